The Hall–Kier alpha value is -0.390. The molecule has 14 heavy (non-hydrogen) atoms. The van der Waals surface area contributed by atoms with Gasteiger partial charge in [-0.15, -0.1) is 17.0 Å². The quantitative estimate of drug-likeness (QED) is 0.838. The molecule has 0 fully saturated rings. The zero-order valence-corrected chi connectivity index (χ0v) is 10.6. The number of carboxylic acids is 1. The molecule has 0 spiro atoms. The standard InChI is InChI=1S/C9H10BrNO2.BrH/c10-5-6-1-3-7(4-2-6)8(11)9(12)13;/h1-4,8H,5,11H2,(H,12,13);1H. The first kappa shape index (κ1) is 13.6. The number of rotatable bonds is 3. The summed E-state index contributed by atoms with van der Waals surface area (Å²) in [6.45, 7) is 0. The van der Waals surface area contributed by atoms with Crippen molar-refractivity contribution in [1.82, 2.24) is 0 Å². The van der Waals surface area contributed by atoms with Crippen LogP contribution >= 0.6 is 32.9 Å². The van der Waals surface area contributed by atoms with Gasteiger partial charge in [0.25, 0.3) is 0 Å². The lowest BCUT2D eigenvalue weighted by molar-refractivity contribution is -0.138. The molecule has 78 valence electrons. The summed E-state index contributed by atoms with van der Waals surface area (Å²) in [7, 11) is 0. The summed E-state index contributed by atoms with van der Waals surface area (Å²) < 4.78 is 0. The van der Waals surface area contributed by atoms with Crippen LogP contribution in [0.2, 0.25) is 0 Å². The van der Waals surface area contributed by atoms with Crippen molar-refractivity contribution < 1.29 is 9.90 Å². The van der Waals surface area contributed by atoms with Crippen LogP contribution in [0.4, 0.5) is 0 Å². The predicted octanol–water partition coefficient (Wildman–Crippen LogP) is 2.24. The minimum absolute atomic E-state index is 0. The van der Waals surface area contributed by atoms with Crippen LogP contribution in [0.1, 0.15) is 17.2 Å². The van der Waals surface area contributed by atoms with Crippen molar-refractivity contribution in [3.05, 3.63) is 35.4 Å². The van der Waals surface area contributed by atoms with Crippen LogP contribution in [0.15, 0.2) is 24.3 Å². The van der Waals surface area contributed by atoms with Crippen molar-refractivity contribution in [3.63, 3.8) is 0 Å². The number of hydrogen-bond donors (Lipinski definition) is 2. The highest BCUT2D eigenvalue weighted by molar-refractivity contribution is 9.08. The molecule has 0 aliphatic carbocycles. The van der Waals surface area contributed by atoms with E-state index in [1.54, 1.807) is 12.1 Å². The van der Waals surface area contributed by atoms with Gasteiger partial charge < -0.3 is 10.8 Å². The lowest BCUT2D eigenvalue weighted by Crippen LogP contribution is -2.20. The van der Waals surface area contributed by atoms with Crippen molar-refractivity contribution >= 4 is 38.9 Å². The number of benzene rings is 1. The Morgan fingerprint density at radius 3 is 2.29 bits per heavy atom. The summed E-state index contributed by atoms with van der Waals surface area (Å²) in [4.78, 5) is 10.5. The number of halogens is 2. The van der Waals surface area contributed by atoms with Crippen molar-refractivity contribution in [2.24, 2.45) is 5.73 Å². The number of aliphatic carboxylic acids is 1. The normalized spacial score (nSPS) is 11.6. The van der Waals surface area contributed by atoms with E-state index in [0.29, 0.717) is 5.56 Å². The van der Waals surface area contributed by atoms with Gasteiger partial charge >= 0.3 is 5.97 Å². The second kappa shape index (κ2) is 6.16. The fraction of sp³-hybridized carbons (Fsp3) is 0.222. The molecular weight excluding hydrogens is 314 g/mol. The van der Waals surface area contributed by atoms with Crippen LogP contribution in [-0.2, 0) is 10.1 Å². The van der Waals surface area contributed by atoms with Gasteiger partial charge in [-0.3, -0.25) is 4.79 Å². The fourth-order valence-corrected chi connectivity index (χ4v) is 1.33. The number of carboxylic acid groups (broad SMARTS) is 1. The maximum absolute atomic E-state index is 10.5. The lowest BCUT2D eigenvalue weighted by atomic mass is 10.1. The Kier molecular flexibility index (Phi) is 5.99. The molecular formula is C9H11Br2NO2. The molecule has 0 bridgehead atoms. The second-order valence-electron chi connectivity index (χ2n) is 2.69. The van der Waals surface area contributed by atoms with Crippen molar-refractivity contribution in [3.8, 4) is 0 Å². The maximum Gasteiger partial charge on any atom is 0.325 e. The van der Waals surface area contributed by atoms with Crippen LogP contribution in [0, 0.1) is 0 Å². The van der Waals surface area contributed by atoms with E-state index in [9.17, 15) is 4.79 Å². The van der Waals surface area contributed by atoms with Gasteiger partial charge in [-0.2, -0.15) is 0 Å². The third-order valence-corrected chi connectivity index (χ3v) is 2.41. The monoisotopic (exact) mass is 323 g/mol. The van der Waals surface area contributed by atoms with Gasteiger partial charge in [0, 0.05) is 5.33 Å². The number of carbonyl (C=O) groups is 1. The Labute approximate surface area is 101 Å². The van der Waals surface area contributed by atoms with E-state index in [-0.39, 0.29) is 17.0 Å². The topological polar surface area (TPSA) is 63.3 Å². The molecule has 0 aliphatic rings. The molecule has 3 N–H and O–H groups in total. The van der Waals surface area contributed by atoms with Crippen molar-refractivity contribution in [1.29, 1.82) is 0 Å². The van der Waals surface area contributed by atoms with Gasteiger partial charge in [0.1, 0.15) is 6.04 Å². The Bertz CT molecular complexity index is 300. The summed E-state index contributed by atoms with van der Waals surface area (Å²) in [5.41, 5.74) is 7.14. The van der Waals surface area contributed by atoms with Crippen molar-refractivity contribution in [2.45, 2.75) is 11.4 Å². The lowest BCUT2D eigenvalue weighted by Gasteiger charge is -2.06. The highest BCUT2D eigenvalue weighted by atomic mass is 79.9. The molecule has 1 rings (SSSR count). The molecule has 0 saturated heterocycles. The van der Waals surface area contributed by atoms with E-state index in [0.717, 1.165) is 10.9 Å². The zero-order chi connectivity index (χ0) is 9.84. The van der Waals surface area contributed by atoms with Crippen molar-refractivity contribution in [2.75, 3.05) is 0 Å². The minimum atomic E-state index is -1.01. The molecule has 0 heterocycles. The molecule has 1 aromatic carbocycles. The third kappa shape index (κ3) is 3.40. The summed E-state index contributed by atoms with van der Waals surface area (Å²) in [5, 5.41) is 9.39. The van der Waals surface area contributed by atoms with Gasteiger partial charge in [-0.25, -0.2) is 0 Å². The first-order valence-electron chi connectivity index (χ1n) is 3.78. The molecule has 0 radical (unpaired) electrons. The van der Waals surface area contributed by atoms with Crippen LogP contribution < -0.4 is 5.73 Å². The Morgan fingerprint density at radius 1 is 1.43 bits per heavy atom. The number of alkyl halides is 1. The number of hydrogen-bond acceptors (Lipinski definition) is 2. The molecule has 0 saturated carbocycles. The predicted molar refractivity (Wildman–Crippen MR) is 64.0 cm³/mol. The zero-order valence-electron chi connectivity index (χ0n) is 7.31. The molecule has 3 nitrogen and oxygen atoms in total. The van der Waals surface area contributed by atoms with Crippen LogP contribution in [0.3, 0.4) is 0 Å². The molecule has 1 aromatic rings. The molecule has 1 atom stereocenters. The smallest absolute Gasteiger partial charge is 0.325 e. The number of nitrogens with two attached hydrogens (primary N) is 1. The van der Waals surface area contributed by atoms with Crippen LogP contribution in [-0.4, -0.2) is 11.1 Å². The van der Waals surface area contributed by atoms with Gasteiger partial charge in [-0.1, -0.05) is 40.2 Å². The summed E-state index contributed by atoms with van der Waals surface area (Å²) in [6, 6.07) is 6.24. The first-order valence-corrected chi connectivity index (χ1v) is 4.90. The minimum Gasteiger partial charge on any atom is -0.480 e. The molecule has 0 amide bonds. The van der Waals surface area contributed by atoms with E-state index in [1.807, 2.05) is 12.1 Å². The molecule has 1 unspecified atom stereocenters. The molecule has 0 aromatic heterocycles. The van der Waals surface area contributed by atoms with Crippen LogP contribution in [0.25, 0.3) is 0 Å². The Morgan fingerprint density at radius 2 is 1.93 bits per heavy atom. The highest BCUT2D eigenvalue weighted by Crippen LogP contribution is 2.13. The molecule has 5 heteroatoms. The van der Waals surface area contributed by atoms with E-state index in [1.165, 1.54) is 0 Å². The highest BCUT2D eigenvalue weighted by Gasteiger charge is 2.13. The Balaban J connectivity index is 0.00000169. The average Bonchev–Trinajstić information content (AvgIpc) is 2.17. The van der Waals surface area contributed by atoms with Gasteiger partial charge in [0.2, 0.25) is 0 Å². The maximum atomic E-state index is 10.5. The van der Waals surface area contributed by atoms with Gasteiger partial charge in [-0.05, 0) is 11.1 Å². The summed E-state index contributed by atoms with van der Waals surface area (Å²) in [6.07, 6.45) is 0. The fourth-order valence-electron chi connectivity index (χ4n) is 0.957. The first-order chi connectivity index (χ1) is 6.15. The third-order valence-electron chi connectivity index (χ3n) is 1.76. The second-order valence-corrected chi connectivity index (χ2v) is 3.25. The SMILES string of the molecule is Br.NC(C(=O)O)c1ccc(CBr)cc1. The summed E-state index contributed by atoms with van der Waals surface area (Å²) >= 11 is 3.30. The molecule has 0 aliphatic heterocycles. The van der Waals surface area contributed by atoms with E-state index in [2.05, 4.69) is 15.9 Å². The van der Waals surface area contributed by atoms with Crippen LogP contribution in [0.5, 0.6) is 0 Å². The largest absolute Gasteiger partial charge is 0.480 e. The van der Waals surface area contributed by atoms with Gasteiger partial charge in [0.15, 0.2) is 0 Å². The van der Waals surface area contributed by atoms with E-state index >= 15 is 0 Å². The summed E-state index contributed by atoms with van der Waals surface area (Å²) in [5.74, 6) is -1.01. The average molecular weight is 325 g/mol. The van der Waals surface area contributed by atoms with E-state index in [4.69, 9.17) is 10.8 Å². The van der Waals surface area contributed by atoms with Gasteiger partial charge in [0.05, 0.1) is 0 Å². The van der Waals surface area contributed by atoms with E-state index < -0.39 is 12.0 Å².